The van der Waals surface area contributed by atoms with Crippen LogP contribution >= 0.6 is 57.1 Å². The van der Waals surface area contributed by atoms with E-state index in [1.165, 1.54) is 11.3 Å². The summed E-state index contributed by atoms with van der Waals surface area (Å²) in [5, 5.41) is 1.10. The summed E-state index contributed by atoms with van der Waals surface area (Å²) in [6, 6.07) is 17.6. The quantitative estimate of drug-likeness (QED) is 0.141. The summed E-state index contributed by atoms with van der Waals surface area (Å²) in [4.78, 5) is 32.4. The van der Waals surface area contributed by atoms with Crippen molar-refractivity contribution in [2.45, 2.75) is 33.4 Å². The Morgan fingerprint density at radius 1 is 1.07 bits per heavy atom. The van der Waals surface area contributed by atoms with E-state index in [4.69, 9.17) is 37.4 Å². The molecule has 1 aliphatic heterocycles. The summed E-state index contributed by atoms with van der Waals surface area (Å²) >= 11 is 16.2. The summed E-state index contributed by atoms with van der Waals surface area (Å²) in [5.74, 6) is 0.746. The Morgan fingerprint density at radius 2 is 1.81 bits per heavy atom. The Morgan fingerprint density at radius 3 is 2.51 bits per heavy atom. The highest BCUT2D eigenvalue weighted by molar-refractivity contribution is 14.1. The minimum absolute atomic E-state index is 0.195. The number of hydrogen-bond donors (Lipinski definition) is 0. The molecule has 4 aromatic rings. The summed E-state index contributed by atoms with van der Waals surface area (Å²) in [6.07, 6.45) is 1.75. The number of hydrogen-bond acceptors (Lipinski definition) is 7. The molecular weight excluding hydrogens is 722 g/mol. The van der Waals surface area contributed by atoms with Crippen molar-refractivity contribution in [3.8, 4) is 11.5 Å². The molecule has 0 bridgehead atoms. The van der Waals surface area contributed by atoms with Gasteiger partial charge in [0.1, 0.15) is 18.1 Å². The van der Waals surface area contributed by atoms with E-state index in [2.05, 4.69) is 27.6 Å². The summed E-state index contributed by atoms with van der Waals surface area (Å²) in [6.45, 7) is 6.36. The Hall–Kier alpha value is -3.12. The smallest absolute Gasteiger partial charge is 0.338 e. The lowest BCUT2D eigenvalue weighted by molar-refractivity contribution is -0.139. The number of carbonyl (C=O) groups is 1. The zero-order chi connectivity index (χ0) is 30.7. The van der Waals surface area contributed by atoms with E-state index in [0.29, 0.717) is 54.3 Å². The molecule has 0 aliphatic carbocycles. The molecule has 0 radical (unpaired) electrons. The van der Waals surface area contributed by atoms with Crippen LogP contribution in [0.4, 0.5) is 0 Å². The van der Waals surface area contributed by atoms with Gasteiger partial charge in [-0.25, -0.2) is 9.79 Å². The molecule has 222 valence electrons. The van der Waals surface area contributed by atoms with E-state index < -0.39 is 12.0 Å². The summed E-state index contributed by atoms with van der Waals surface area (Å²) in [5.41, 5.74) is 2.70. The number of ether oxygens (including phenoxy) is 3. The minimum atomic E-state index is -0.733. The fourth-order valence-corrected chi connectivity index (χ4v) is 7.21. The lowest BCUT2D eigenvalue weighted by atomic mass is 9.96. The van der Waals surface area contributed by atoms with Crippen LogP contribution in [0.3, 0.4) is 0 Å². The first-order chi connectivity index (χ1) is 20.7. The van der Waals surface area contributed by atoms with Crippen LogP contribution in [0.1, 0.15) is 43.5 Å². The molecule has 0 saturated carbocycles. The Labute approximate surface area is 276 Å². The standard InChI is InChI=1S/C32H27Cl2IN2O5S/c1-4-40-23-12-10-19(11-13-23)28-27(31(39)41-5-2)18(3)36-32-37(28)30(38)26(43-32)15-21-14-22(33)16-25(35)29(21)42-17-20-8-6-7-9-24(20)34/h6-16,28H,4-5,17H2,1-3H3/b26-15-/t28-/m1/s1. The second kappa shape index (κ2) is 13.7. The van der Waals surface area contributed by atoms with E-state index in [1.807, 2.05) is 55.5 Å². The topological polar surface area (TPSA) is 79.1 Å². The van der Waals surface area contributed by atoms with Crippen LogP contribution in [0, 0.1) is 3.57 Å². The van der Waals surface area contributed by atoms with Crippen molar-refractivity contribution in [3.05, 3.63) is 122 Å². The molecule has 1 atom stereocenters. The van der Waals surface area contributed by atoms with E-state index in [9.17, 15) is 9.59 Å². The molecule has 1 aromatic heterocycles. The predicted molar refractivity (Wildman–Crippen MR) is 178 cm³/mol. The molecule has 7 nitrogen and oxygen atoms in total. The number of fused-ring (bicyclic) bond motifs is 1. The van der Waals surface area contributed by atoms with Crippen LogP contribution in [-0.2, 0) is 16.1 Å². The van der Waals surface area contributed by atoms with Crippen molar-refractivity contribution in [3.63, 3.8) is 0 Å². The molecule has 0 unspecified atom stereocenters. The normalized spacial score (nSPS) is 14.7. The van der Waals surface area contributed by atoms with Gasteiger partial charge in [0.2, 0.25) is 0 Å². The van der Waals surface area contributed by atoms with Gasteiger partial charge in [0.15, 0.2) is 4.80 Å². The maximum Gasteiger partial charge on any atom is 0.338 e. The Kier molecular flexibility index (Phi) is 9.95. The summed E-state index contributed by atoms with van der Waals surface area (Å²) < 4.78 is 20.0. The second-order valence-corrected chi connectivity index (χ2v) is 12.5. The van der Waals surface area contributed by atoms with Crippen LogP contribution in [0.25, 0.3) is 6.08 Å². The molecule has 11 heteroatoms. The number of halogens is 3. The monoisotopic (exact) mass is 748 g/mol. The van der Waals surface area contributed by atoms with Gasteiger partial charge in [0.25, 0.3) is 5.56 Å². The lowest BCUT2D eigenvalue weighted by Gasteiger charge is -2.24. The van der Waals surface area contributed by atoms with Gasteiger partial charge < -0.3 is 14.2 Å². The van der Waals surface area contributed by atoms with Crippen molar-refractivity contribution in [1.82, 2.24) is 4.57 Å². The van der Waals surface area contributed by atoms with Gasteiger partial charge in [-0.15, -0.1) is 0 Å². The minimum Gasteiger partial charge on any atom is -0.494 e. The highest BCUT2D eigenvalue weighted by Gasteiger charge is 2.33. The SMILES string of the molecule is CCOC(=O)C1=C(C)N=c2s/c(=C\c3cc(Cl)cc(I)c3OCc3ccccc3Cl)c(=O)n2[C@@H]1c1ccc(OCC)cc1. The molecule has 0 saturated heterocycles. The Bertz CT molecular complexity index is 1900. The van der Waals surface area contributed by atoms with Crippen LogP contribution in [0.15, 0.2) is 81.7 Å². The van der Waals surface area contributed by atoms with E-state index >= 15 is 0 Å². The molecule has 0 N–H and O–H groups in total. The number of nitrogens with zero attached hydrogens (tertiary/aromatic N) is 2. The van der Waals surface area contributed by atoms with Gasteiger partial charge in [-0.1, -0.05) is 64.9 Å². The van der Waals surface area contributed by atoms with Gasteiger partial charge >= 0.3 is 5.97 Å². The molecule has 2 heterocycles. The Balaban J connectivity index is 1.64. The van der Waals surface area contributed by atoms with Gasteiger partial charge in [0, 0.05) is 21.2 Å². The molecule has 43 heavy (non-hydrogen) atoms. The predicted octanol–water partition coefficient (Wildman–Crippen LogP) is 6.69. The molecule has 1 aliphatic rings. The number of thiazole rings is 1. The van der Waals surface area contributed by atoms with E-state index in [1.54, 1.807) is 36.6 Å². The number of aromatic nitrogens is 1. The molecule has 0 fully saturated rings. The van der Waals surface area contributed by atoms with Crippen LogP contribution in [0.5, 0.6) is 11.5 Å². The van der Waals surface area contributed by atoms with E-state index in [-0.39, 0.29) is 18.8 Å². The van der Waals surface area contributed by atoms with Gasteiger partial charge in [0.05, 0.1) is 38.6 Å². The average Bonchev–Trinajstić information content (AvgIpc) is 3.27. The van der Waals surface area contributed by atoms with Crippen LogP contribution < -0.4 is 24.4 Å². The van der Waals surface area contributed by atoms with Crippen molar-refractivity contribution in [2.75, 3.05) is 13.2 Å². The highest BCUT2D eigenvalue weighted by atomic mass is 127. The highest BCUT2D eigenvalue weighted by Crippen LogP contribution is 2.33. The zero-order valence-electron chi connectivity index (χ0n) is 23.5. The van der Waals surface area contributed by atoms with Gasteiger partial charge in [-0.3, -0.25) is 9.36 Å². The summed E-state index contributed by atoms with van der Waals surface area (Å²) in [7, 11) is 0. The third-order valence-electron chi connectivity index (χ3n) is 6.68. The van der Waals surface area contributed by atoms with Gasteiger partial charge in [-0.05, 0) is 85.3 Å². The molecule has 5 rings (SSSR count). The number of carbonyl (C=O) groups excluding carboxylic acids is 1. The van der Waals surface area contributed by atoms with Crippen LogP contribution in [-0.4, -0.2) is 23.8 Å². The second-order valence-electron chi connectivity index (χ2n) is 9.49. The van der Waals surface area contributed by atoms with Gasteiger partial charge in [-0.2, -0.15) is 0 Å². The average molecular weight is 749 g/mol. The third kappa shape index (κ3) is 6.69. The molecule has 0 amide bonds. The third-order valence-corrected chi connectivity index (χ3v) is 9.05. The number of benzene rings is 3. The first-order valence-electron chi connectivity index (χ1n) is 13.5. The maximum absolute atomic E-state index is 14.1. The molecule has 3 aromatic carbocycles. The largest absolute Gasteiger partial charge is 0.494 e. The first-order valence-corrected chi connectivity index (χ1v) is 16.1. The zero-order valence-corrected chi connectivity index (χ0v) is 28.0. The number of allylic oxidation sites excluding steroid dienone is 1. The lowest BCUT2D eigenvalue weighted by Crippen LogP contribution is -2.39. The number of esters is 1. The molecule has 0 spiro atoms. The van der Waals surface area contributed by atoms with Crippen LogP contribution in [0.2, 0.25) is 10.0 Å². The van der Waals surface area contributed by atoms with Crippen molar-refractivity contribution >= 4 is 69.2 Å². The van der Waals surface area contributed by atoms with Crippen molar-refractivity contribution < 1.29 is 19.0 Å². The van der Waals surface area contributed by atoms with E-state index in [0.717, 1.165) is 14.7 Å². The van der Waals surface area contributed by atoms with Crippen molar-refractivity contribution in [2.24, 2.45) is 4.99 Å². The fraction of sp³-hybridized carbons (Fsp3) is 0.219. The maximum atomic E-state index is 14.1. The number of rotatable bonds is 9. The van der Waals surface area contributed by atoms with Crippen molar-refractivity contribution in [1.29, 1.82) is 0 Å². The molecular formula is C32H27Cl2IN2O5S. The fourth-order valence-electron chi connectivity index (χ4n) is 4.77. The first kappa shape index (κ1) is 31.3.